The number of fused-ring (bicyclic) bond motifs is 4. The number of pyridine rings is 1. The first-order chi connectivity index (χ1) is 24.4. The van der Waals surface area contributed by atoms with E-state index in [1.54, 1.807) is 0 Å². The molecule has 9 aromatic rings. The lowest BCUT2D eigenvalue weighted by molar-refractivity contribution is 0.591. The summed E-state index contributed by atoms with van der Waals surface area (Å²) >= 11 is 0. The van der Waals surface area contributed by atoms with E-state index >= 15 is 0 Å². The molecule has 0 unspecified atom stereocenters. The number of hydrogen-bond acceptors (Lipinski definition) is 3. The molecule has 0 N–H and O–H groups in total. The van der Waals surface area contributed by atoms with Crippen molar-refractivity contribution < 1.29 is 4.42 Å². The Labute approximate surface area is 291 Å². The first kappa shape index (κ1) is 29.8. The summed E-state index contributed by atoms with van der Waals surface area (Å²) in [5.74, 6) is 0.826. The van der Waals surface area contributed by atoms with Crippen molar-refractivity contribution in [3.63, 3.8) is 0 Å². The van der Waals surface area contributed by atoms with E-state index in [0.29, 0.717) is 0 Å². The molecule has 3 heterocycles. The standard InChI is InChI=1S/C46H35N3O/c1-46(2,3)40-28-47-29-41-43(40)49(36-24-21-33(22-25-36)31-13-8-5-9-14-31)45(48-41)39-16-10-15-38-37-26-23-35(27-42(37)50-44(38)39)34-19-17-32(18-20-34)30-11-6-4-7-12-30/h4-29H,1-3H3. The molecule has 4 nitrogen and oxygen atoms in total. The highest BCUT2D eigenvalue weighted by Gasteiger charge is 2.26. The van der Waals surface area contributed by atoms with Gasteiger partial charge in [0, 0.05) is 28.2 Å². The topological polar surface area (TPSA) is 43.9 Å². The molecule has 0 amide bonds. The maximum absolute atomic E-state index is 6.79. The van der Waals surface area contributed by atoms with Crippen molar-refractivity contribution in [2.24, 2.45) is 0 Å². The number of furan rings is 1. The lowest BCUT2D eigenvalue weighted by atomic mass is 9.87. The van der Waals surface area contributed by atoms with Gasteiger partial charge in [-0.1, -0.05) is 136 Å². The van der Waals surface area contributed by atoms with Gasteiger partial charge in [-0.2, -0.15) is 0 Å². The summed E-state index contributed by atoms with van der Waals surface area (Å²) in [5.41, 5.74) is 13.6. The van der Waals surface area contributed by atoms with Crippen LogP contribution >= 0.6 is 0 Å². The van der Waals surface area contributed by atoms with Crippen molar-refractivity contribution in [2.45, 2.75) is 26.2 Å². The molecule has 3 aromatic heterocycles. The summed E-state index contributed by atoms with van der Waals surface area (Å²) < 4.78 is 9.07. The lowest BCUT2D eigenvalue weighted by Crippen LogP contribution is -2.14. The van der Waals surface area contributed by atoms with Gasteiger partial charge in [-0.3, -0.25) is 9.55 Å². The Hall–Kier alpha value is -6.26. The molecule has 0 saturated carbocycles. The summed E-state index contributed by atoms with van der Waals surface area (Å²) in [6, 6.07) is 51.3. The molecule has 0 spiro atoms. The third-order valence-corrected chi connectivity index (χ3v) is 9.67. The number of rotatable bonds is 5. The van der Waals surface area contributed by atoms with Gasteiger partial charge in [-0.05, 0) is 69.1 Å². The molecule has 0 aliphatic carbocycles. The summed E-state index contributed by atoms with van der Waals surface area (Å²) in [5, 5.41) is 2.15. The highest BCUT2D eigenvalue weighted by Crippen LogP contribution is 2.41. The van der Waals surface area contributed by atoms with Crippen LogP contribution in [0.3, 0.4) is 0 Å². The number of nitrogens with zero attached hydrogens (tertiary/aromatic N) is 3. The highest BCUT2D eigenvalue weighted by molar-refractivity contribution is 6.10. The zero-order valence-corrected chi connectivity index (χ0v) is 28.3. The van der Waals surface area contributed by atoms with Crippen molar-refractivity contribution in [1.82, 2.24) is 14.5 Å². The lowest BCUT2D eigenvalue weighted by Gasteiger charge is -2.21. The van der Waals surface area contributed by atoms with E-state index in [1.165, 1.54) is 22.3 Å². The third-order valence-electron chi connectivity index (χ3n) is 9.67. The van der Waals surface area contributed by atoms with Crippen LogP contribution in [-0.4, -0.2) is 14.5 Å². The van der Waals surface area contributed by atoms with Crippen molar-refractivity contribution in [3.05, 3.63) is 164 Å². The van der Waals surface area contributed by atoms with Crippen LogP contribution in [0.2, 0.25) is 0 Å². The van der Waals surface area contributed by atoms with Crippen molar-refractivity contribution >= 4 is 33.0 Å². The van der Waals surface area contributed by atoms with Gasteiger partial charge >= 0.3 is 0 Å². The van der Waals surface area contributed by atoms with E-state index in [0.717, 1.165) is 66.7 Å². The molecule has 0 aliphatic rings. The van der Waals surface area contributed by atoms with Crippen LogP contribution in [0.4, 0.5) is 0 Å². The second-order valence-electron chi connectivity index (χ2n) is 13.9. The maximum Gasteiger partial charge on any atom is 0.149 e. The Kier molecular flexibility index (Phi) is 6.99. The number of aromatic nitrogens is 3. The molecule has 0 aliphatic heterocycles. The van der Waals surface area contributed by atoms with Gasteiger partial charge in [-0.15, -0.1) is 0 Å². The Morgan fingerprint density at radius 1 is 0.540 bits per heavy atom. The molecule has 0 atom stereocenters. The number of hydrogen-bond donors (Lipinski definition) is 0. The summed E-state index contributed by atoms with van der Waals surface area (Å²) in [6.07, 6.45) is 3.86. The van der Waals surface area contributed by atoms with E-state index in [9.17, 15) is 0 Å². The van der Waals surface area contributed by atoms with E-state index in [2.05, 4.69) is 164 Å². The molecule has 0 radical (unpaired) electrons. The fraction of sp³-hybridized carbons (Fsp3) is 0.0870. The third kappa shape index (κ3) is 5.08. The molecule has 50 heavy (non-hydrogen) atoms. The quantitative estimate of drug-likeness (QED) is 0.187. The Balaban J connectivity index is 1.20. The summed E-state index contributed by atoms with van der Waals surface area (Å²) in [7, 11) is 0. The average molecular weight is 646 g/mol. The van der Waals surface area contributed by atoms with E-state index < -0.39 is 0 Å². The molecule has 240 valence electrons. The minimum absolute atomic E-state index is 0.146. The SMILES string of the molecule is CC(C)(C)c1cncc2nc(-c3cccc4c3oc3cc(-c5ccc(-c6ccccc6)cc5)ccc34)n(-c3ccc(-c4ccccc4)cc3)c12. The highest BCUT2D eigenvalue weighted by atomic mass is 16.3. The van der Waals surface area contributed by atoms with Gasteiger partial charge in [0.15, 0.2) is 0 Å². The molecule has 0 fully saturated rings. The van der Waals surface area contributed by atoms with E-state index in [1.807, 2.05) is 24.5 Å². The van der Waals surface area contributed by atoms with Crippen LogP contribution in [0.1, 0.15) is 26.3 Å². The predicted molar refractivity (Wildman–Crippen MR) is 207 cm³/mol. The molecular formula is C46H35N3O. The Morgan fingerprint density at radius 2 is 1.12 bits per heavy atom. The second-order valence-corrected chi connectivity index (χ2v) is 13.9. The van der Waals surface area contributed by atoms with E-state index in [4.69, 9.17) is 9.40 Å². The molecule has 4 heteroatoms. The zero-order chi connectivity index (χ0) is 33.8. The predicted octanol–water partition coefficient (Wildman–Crippen LogP) is 12.3. The number of benzene rings is 6. The molecule has 0 saturated heterocycles. The zero-order valence-electron chi connectivity index (χ0n) is 28.3. The Morgan fingerprint density at radius 3 is 1.76 bits per heavy atom. The van der Waals surface area contributed by atoms with Gasteiger partial charge in [0.2, 0.25) is 0 Å². The van der Waals surface area contributed by atoms with Crippen molar-refractivity contribution in [2.75, 3.05) is 0 Å². The first-order valence-electron chi connectivity index (χ1n) is 17.1. The summed E-state index contributed by atoms with van der Waals surface area (Å²) in [6.45, 7) is 6.68. The molecule has 9 rings (SSSR count). The van der Waals surface area contributed by atoms with Crippen molar-refractivity contribution in [1.29, 1.82) is 0 Å². The van der Waals surface area contributed by atoms with Crippen LogP contribution in [0.15, 0.2) is 162 Å². The van der Waals surface area contributed by atoms with Gasteiger partial charge in [0.1, 0.15) is 22.5 Å². The molecule has 0 bridgehead atoms. The smallest absolute Gasteiger partial charge is 0.149 e. The van der Waals surface area contributed by atoms with E-state index in [-0.39, 0.29) is 5.41 Å². The maximum atomic E-state index is 6.79. The minimum Gasteiger partial charge on any atom is -0.455 e. The van der Waals surface area contributed by atoms with Gasteiger partial charge in [0.25, 0.3) is 0 Å². The number of para-hydroxylation sites is 1. The van der Waals surface area contributed by atoms with Crippen LogP contribution in [-0.2, 0) is 5.41 Å². The molecule has 6 aromatic carbocycles. The first-order valence-corrected chi connectivity index (χ1v) is 17.1. The normalized spacial score (nSPS) is 11.9. The molecular weight excluding hydrogens is 611 g/mol. The fourth-order valence-corrected chi connectivity index (χ4v) is 7.08. The largest absolute Gasteiger partial charge is 0.455 e. The van der Waals surface area contributed by atoms with Crippen LogP contribution < -0.4 is 0 Å². The fourth-order valence-electron chi connectivity index (χ4n) is 7.08. The van der Waals surface area contributed by atoms with Gasteiger partial charge < -0.3 is 4.42 Å². The van der Waals surface area contributed by atoms with Gasteiger partial charge in [-0.25, -0.2) is 4.98 Å². The Bertz CT molecular complexity index is 2640. The second kappa shape index (κ2) is 11.7. The summed E-state index contributed by atoms with van der Waals surface area (Å²) in [4.78, 5) is 9.91. The van der Waals surface area contributed by atoms with Crippen LogP contribution in [0, 0.1) is 0 Å². The monoisotopic (exact) mass is 645 g/mol. The van der Waals surface area contributed by atoms with Crippen LogP contribution in [0.5, 0.6) is 0 Å². The number of imidazole rings is 1. The van der Waals surface area contributed by atoms with Crippen LogP contribution in [0.25, 0.3) is 83.4 Å². The average Bonchev–Trinajstić information content (AvgIpc) is 3.74. The minimum atomic E-state index is -0.146. The van der Waals surface area contributed by atoms with Gasteiger partial charge in [0.05, 0.1) is 17.3 Å². The van der Waals surface area contributed by atoms with Crippen molar-refractivity contribution in [3.8, 4) is 50.5 Å².